The number of nitrogens with two attached hydrogens (primary N) is 2. The van der Waals surface area contributed by atoms with Gasteiger partial charge in [-0.05, 0) is 5.56 Å². The van der Waals surface area contributed by atoms with Crippen LogP contribution in [0.25, 0.3) is 0 Å². The highest BCUT2D eigenvalue weighted by Gasteiger charge is 2.12. The second kappa shape index (κ2) is 5.02. The van der Waals surface area contributed by atoms with E-state index in [1.165, 1.54) is 0 Å². The van der Waals surface area contributed by atoms with Crippen molar-refractivity contribution in [1.82, 2.24) is 5.01 Å². The van der Waals surface area contributed by atoms with Gasteiger partial charge in [-0.25, -0.2) is 10.6 Å². The Morgan fingerprint density at radius 2 is 2.00 bits per heavy atom. The molecule has 5 nitrogen and oxygen atoms in total. The summed E-state index contributed by atoms with van der Waals surface area (Å²) in [4.78, 5) is 10.7. The molecule has 0 aromatic heterocycles. The summed E-state index contributed by atoms with van der Waals surface area (Å²) in [6.07, 6.45) is 0.977. The first kappa shape index (κ1) is 11.1. The van der Waals surface area contributed by atoms with Crippen LogP contribution in [0.4, 0.5) is 0 Å². The zero-order valence-electron chi connectivity index (χ0n) is 8.13. The number of nitrogens with zero attached hydrogens (tertiary/aromatic N) is 1. The molecule has 0 saturated carbocycles. The van der Waals surface area contributed by atoms with E-state index in [1.807, 2.05) is 30.3 Å². The topological polar surface area (TPSA) is 92.6 Å². The molecule has 0 amide bonds. The van der Waals surface area contributed by atoms with Crippen LogP contribution in [0.5, 0.6) is 0 Å². The van der Waals surface area contributed by atoms with Gasteiger partial charge in [-0.1, -0.05) is 30.3 Å². The van der Waals surface area contributed by atoms with E-state index in [0.29, 0.717) is 6.54 Å². The summed E-state index contributed by atoms with van der Waals surface area (Å²) in [5.41, 5.74) is 5.95. The minimum absolute atomic E-state index is 0.126. The number of benzene rings is 1. The lowest BCUT2D eigenvalue weighted by atomic mass is 10.2. The number of aliphatic carboxylic acids is 1. The molecule has 0 aliphatic heterocycles. The van der Waals surface area contributed by atoms with Crippen molar-refractivity contribution in [1.29, 1.82) is 0 Å². The molecule has 0 aliphatic carbocycles. The second-order valence-electron chi connectivity index (χ2n) is 2.97. The standard InChI is InChI=1S/C10H13N3O2/c11-6-9(10(14)15)13(12)7-8-4-2-1-3-5-8/h1-6H,7,11-12H2,(H,14,15)/b9-6-. The van der Waals surface area contributed by atoms with Gasteiger partial charge in [0.05, 0.1) is 6.54 Å². The Balaban J connectivity index is 2.71. The number of rotatable bonds is 4. The minimum Gasteiger partial charge on any atom is -0.476 e. The zero-order chi connectivity index (χ0) is 11.3. The highest BCUT2D eigenvalue weighted by Crippen LogP contribution is 2.05. The number of carboxylic acid groups (broad SMARTS) is 1. The summed E-state index contributed by atoms with van der Waals surface area (Å²) < 4.78 is 0. The van der Waals surface area contributed by atoms with E-state index in [0.717, 1.165) is 16.8 Å². The number of hydrazine groups is 1. The van der Waals surface area contributed by atoms with Crippen LogP contribution in [0, 0.1) is 0 Å². The first-order valence-electron chi connectivity index (χ1n) is 4.36. The lowest BCUT2D eigenvalue weighted by Crippen LogP contribution is -2.34. The van der Waals surface area contributed by atoms with Gasteiger partial charge in [0, 0.05) is 6.20 Å². The molecule has 0 spiro atoms. The summed E-state index contributed by atoms with van der Waals surface area (Å²) in [6.45, 7) is 0.302. The van der Waals surface area contributed by atoms with Crippen LogP contribution in [0.15, 0.2) is 42.2 Å². The molecule has 0 atom stereocenters. The van der Waals surface area contributed by atoms with E-state index in [4.69, 9.17) is 16.7 Å². The maximum Gasteiger partial charge on any atom is 0.355 e. The Bertz CT molecular complexity index is 362. The van der Waals surface area contributed by atoms with Crippen molar-refractivity contribution in [2.45, 2.75) is 6.54 Å². The molecule has 1 rings (SSSR count). The largest absolute Gasteiger partial charge is 0.476 e. The monoisotopic (exact) mass is 207 g/mol. The van der Waals surface area contributed by atoms with Gasteiger partial charge in [0.2, 0.25) is 0 Å². The van der Waals surface area contributed by atoms with E-state index in [9.17, 15) is 4.79 Å². The van der Waals surface area contributed by atoms with Gasteiger partial charge in [0.25, 0.3) is 0 Å². The predicted octanol–water partition coefficient (Wildman–Crippen LogP) is 0.247. The van der Waals surface area contributed by atoms with Crippen molar-refractivity contribution in [2.24, 2.45) is 11.6 Å². The Kier molecular flexibility index (Phi) is 3.70. The molecule has 0 radical (unpaired) electrons. The van der Waals surface area contributed by atoms with Crippen molar-refractivity contribution in [3.8, 4) is 0 Å². The SMILES string of the molecule is N/C=C(/C(=O)O)N(N)Cc1ccccc1. The third-order valence-corrected chi connectivity index (χ3v) is 1.88. The molecule has 0 fully saturated rings. The lowest BCUT2D eigenvalue weighted by Gasteiger charge is -2.18. The quantitative estimate of drug-likeness (QED) is 0.374. The van der Waals surface area contributed by atoms with Crippen molar-refractivity contribution >= 4 is 5.97 Å². The van der Waals surface area contributed by atoms with Crippen LogP contribution < -0.4 is 11.6 Å². The zero-order valence-corrected chi connectivity index (χ0v) is 8.13. The Morgan fingerprint density at radius 1 is 1.40 bits per heavy atom. The molecule has 0 saturated heterocycles. The first-order valence-corrected chi connectivity index (χ1v) is 4.36. The van der Waals surface area contributed by atoms with Gasteiger partial charge in [-0.2, -0.15) is 0 Å². The van der Waals surface area contributed by atoms with Crippen LogP contribution in [0.2, 0.25) is 0 Å². The van der Waals surface area contributed by atoms with E-state index in [1.54, 1.807) is 0 Å². The molecule has 0 aliphatic rings. The Labute approximate surface area is 87.6 Å². The first-order chi connectivity index (χ1) is 7.15. The van der Waals surface area contributed by atoms with Gasteiger partial charge in [0.1, 0.15) is 0 Å². The molecule has 5 N–H and O–H groups in total. The summed E-state index contributed by atoms with van der Waals surface area (Å²) in [6, 6.07) is 9.30. The van der Waals surface area contributed by atoms with Gasteiger partial charge in [-0.3, -0.25) is 5.01 Å². The van der Waals surface area contributed by atoms with Crippen LogP contribution in [-0.2, 0) is 11.3 Å². The average molecular weight is 207 g/mol. The normalized spacial score (nSPS) is 11.1. The van der Waals surface area contributed by atoms with Gasteiger partial charge >= 0.3 is 5.97 Å². The number of hydrogen-bond acceptors (Lipinski definition) is 4. The molecule has 0 unspecified atom stereocenters. The highest BCUT2D eigenvalue weighted by molar-refractivity contribution is 5.85. The highest BCUT2D eigenvalue weighted by atomic mass is 16.4. The van der Waals surface area contributed by atoms with Gasteiger partial charge in [-0.15, -0.1) is 0 Å². The molecule has 15 heavy (non-hydrogen) atoms. The molecule has 80 valence electrons. The minimum atomic E-state index is -1.14. The van der Waals surface area contributed by atoms with Gasteiger partial charge in [0.15, 0.2) is 5.70 Å². The molecular formula is C10H13N3O2. The van der Waals surface area contributed by atoms with Crippen LogP contribution >= 0.6 is 0 Å². The van der Waals surface area contributed by atoms with Crippen LogP contribution in [0.1, 0.15) is 5.56 Å². The lowest BCUT2D eigenvalue weighted by molar-refractivity contribution is -0.134. The summed E-state index contributed by atoms with van der Waals surface area (Å²) in [5.74, 6) is 4.42. The molecule has 0 bridgehead atoms. The Hall–Kier alpha value is -2.01. The molecule has 0 heterocycles. The van der Waals surface area contributed by atoms with Crippen molar-refractivity contribution in [3.63, 3.8) is 0 Å². The fourth-order valence-electron chi connectivity index (χ4n) is 1.16. The van der Waals surface area contributed by atoms with Crippen LogP contribution in [0.3, 0.4) is 0 Å². The average Bonchev–Trinajstić information content (AvgIpc) is 2.19. The fourth-order valence-corrected chi connectivity index (χ4v) is 1.16. The third-order valence-electron chi connectivity index (χ3n) is 1.88. The van der Waals surface area contributed by atoms with E-state index in [-0.39, 0.29) is 5.70 Å². The molecule has 5 heteroatoms. The summed E-state index contributed by atoms with van der Waals surface area (Å²) in [5, 5.41) is 9.85. The Morgan fingerprint density at radius 3 is 2.47 bits per heavy atom. The van der Waals surface area contributed by atoms with E-state index in [2.05, 4.69) is 0 Å². The van der Waals surface area contributed by atoms with Gasteiger partial charge < -0.3 is 10.8 Å². The number of carbonyl (C=O) groups is 1. The third kappa shape index (κ3) is 2.99. The molecular weight excluding hydrogens is 194 g/mol. The fraction of sp³-hybridized carbons (Fsp3) is 0.100. The molecule has 1 aromatic carbocycles. The summed E-state index contributed by atoms with van der Waals surface area (Å²) >= 11 is 0. The second-order valence-corrected chi connectivity index (χ2v) is 2.97. The van der Waals surface area contributed by atoms with E-state index >= 15 is 0 Å². The number of carboxylic acids is 1. The maximum absolute atomic E-state index is 10.7. The maximum atomic E-state index is 10.7. The smallest absolute Gasteiger partial charge is 0.355 e. The van der Waals surface area contributed by atoms with E-state index < -0.39 is 5.97 Å². The number of hydrogen-bond donors (Lipinski definition) is 3. The van der Waals surface area contributed by atoms with Crippen molar-refractivity contribution in [2.75, 3.05) is 0 Å². The van der Waals surface area contributed by atoms with Crippen molar-refractivity contribution in [3.05, 3.63) is 47.8 Å². The summed E-state index contributed by atoms with van der Waals surface area (Å²) in [7, 11) is 0. The predicted molar refractivity (Wildman–Crippen MR) is 56.1 cm³/mol. The van der Waals surface area contributed by atoms with Crippen molar-refractivity contribution < 1.29 is 9.90 Å². The van der Waals surface area contributed by atoms with Crippen LogP contribution in [-0.4, -0.2) is 16.1 Å². The molecule has 1 aromatic rings.